The normalized spacial score (nSPS) is 23.3. The molecule has 1 atom stereocenters. The van der Waals surface area contributed by atoms with Crippen LogP contribution in [-0.2, 0) is 12.8 Å². The molecule has 2 rings (SSSR count). The molecule has 1 fully saturated rings. The molecule has 0 saturated carbocycles. The second-order valence-electron chi connectivity index (χ2n) is 5.68. The lowest BCUT2D eigenvalue weighted by molar-refractivity contribution is 0.253. The maximum Gasteiger partial charge on any atom is 0.242 e. The topological polar surface area (TPSA) is 62.7 Å². The summed E-state index contributed by atoms with van der Waals surface area (Å²) in [5.41, 5.74) is 2.36. The molecule has 106 valence electrons. The van der Waals surface area contributed by atoms with E-state index in [1.807, 2.05) is 0 Å². The average molecular weight is 263 g/mol. The fourth-order valence-corrected chi connectivity index (χ4v) is 2.57. The first-order valence-corrected chi connectivity index (χ1v) is 7.34. The van der Waals surface area contributed by atoms with Crippen LogP contribution < -0.4 is 10.6 Å². The van der Waals surface area contributed by atoms with Gasteiger partial charge >= 0.3 is 0 Å². The van der Waals surface area contributed by atoms with Crippen molar-refractivity contribution in [2.24, 2.45) is 5.41 Å². The van der Waals surface area contributed by atoms with Gasteiger partial charge in [-0.3, -0.25) is 0 Å². The lowest BCUT2D eigenvalue weighted by Crippen LogP contribution is -2.42. The van der Waals surface area contributed by atoms with E-state index in [1.54, 1.807) is 0 Å². The zero-order chi connectivity index (χ0) is 13.7. The summed E-state index contributed by atoms with van der Waals surface area (Å²) in [5, 5.41) is 15.3. The highest BCUT2D eigenvalue weighted by atomic mass is 15.2. The van der Waals surface area contributed by atoms with Crippen molar-refractivity contribution < 1.29 is 0 Å². The summed E-state index contributed by atoms with van der Waals surface area (Å²) in [6, 6.07) is 0. The zero-order valence-electron chi connectivity index (χ0n) is 12.3. The molecule has 5 nitrogen and oxygen atoms in total. The lowest BCUT2D eigenvalue weighted by atomic mass is 9.83. The summed E-state index contributed by atoms with van der Waals surface area (Å²) < 4.78 is 0. The van der Waals surface area contributed by atoms with Crippen LogP contribution in [0.2, 0.25) is 0 Å². The van der Waals surface area contributed by atoms with Crippen LogP contribution in [0.25, 0.3) is 0 Å². The Morgan fingerprint density at radius 3 is 2.63 bits per heavy atom. The Morgan fingerprint density at radius 1 is 1.21 bits per heavy atom. The van der Waals surface area contributed by atoms with Gasteiger partial charge in [0.25, 0.3) is 0 Å². The Hall–Kier alpha value is -1.23. The number of aryl methyl sites for hydroxylation is 2. The summed E-state index contributed by atoms with van der Waals surface area (Å²) in [5.74, 6) is 0.667. The number of hydrogen-bond donors (Lipinski definition) is 2. The van der Waals surface area contributed by atoms with Crippen molar-refractivity contribution in [1.29, 1.82) is 0 Å². The first-order valence-electron chi connectivity index (χ1n) is 7.34. The summed E-state index contributed by atoms with van der Waals surface area (Å²) in [7, 11) is 0. The zero-order valence-corrected chi connectivity index (χ0v) is 12.3. The van der Waals surface area contributed by atoms with Gasteiger partial charge in [0, 0.05) is 13.1 Å². The number of piperidine rings is 1. The predicted molar refractivity (Wildman–Crippen MR) is 77.3 cm³/mol. The number of aromatic nitrogens is 3. The Labute approximate surface area is 115 Å². The molecule has 5 heteroatoms. The van der Waals surface area contributed by atoms with Gasteiger partial charge in [-0.1, -0.05) is 20.8 Å². The summed E-state index contributed by atoms with van der Waals surface area (Å²) in [6.45, 7) is 9.60. The molecule has 19 heavy (non-hydrogen) atoms. The quantitative estimate of drug-likeness (QED) is 0.848. The van der Waals surface area contributed by atoms with Crippen molar-refractivity contribution in [3.05, 3.63) is 11.4 Å². The van der Waals surface area contributed by atoms with Crippen LogP contribution in [0.1, 0.15) is 45.0 Å². The van der Waals surface area contributed by atoms with Crippen molar-refractivity contribution >= 4 is 5.95 Å². The Bertz CT molecular complexity index is 412. The number of anilines is 1. The van der Waals surface area contributed by atoms with E-state index in [1.165, 1.54) is 12.8 Å². The number of rotatable bonds is 5. The molecular formula is C14H25N5. The van der Waals surface area contributed by atoms with Gasteiger partial charge in [-0.25, -0.2) is 4.98 Å². The highest BCUT2D eigenvalue weighted by molar-refractivity contribution is 5.26. The number of nitrogens with zero attached hydrogens (tertiary/aromatic N) is 3. The third-order valence-electron chi connectivity index (χ3n) is 3.87. The van der Waals surface area contributed by atoms with Crippen molar-refractivity contribution in [2.45, 2.75) is 46.5 Å². The molecule has 2 N–H and O–H groups in total. The second-order valence-corrected chi connectivity index (χ2v) is 5.68. The van der Waals surface area contributed by atoms with Crippen molar-refractivity contribution in [1.82, 2.24) is 20.5 Å². The number of hydrogen-bond acceptors (Lipinski definition) is 5. The predicted octanol–water partition coefficient (Wildman–Crippen LogP) is 1.80. The SMILES string of the molecule is CCc1nnc(NCC2(C)CCCNC2)nc1CC. The van der Waals surface area contributed by atoms with Crippen LogP contribution in [0.5, 0.6) is 0 Å². The van der Waals surface area contributed by atoms with Crippen LogP contribution in [0.15, 0.2) is 0 Å². The smallest absolute Gasteiger partial charge is 0.242 e. The van der Waals surface area contributed by atoms with E-state index in [2.05, 4.69) is 46.6 Å². The third-order valence-corrected chi connectivity index (χ3v) is 3.87. The van der Waals surface area contributed by atoms with Gasteiger partial charge in [0.05, 0.1) is 11.4 Å². The monoisotopic (exact) mass is 263 g/mol. The minimum atomic E-state index is 0.289. The van der Waals surface area contributed by atoms with Crippen molar-refractivity contribution in [3.8, 4) is 0 Å². The van der Waals surface area contributed by atoms with E-state index in [9.17, 15) is 0 Å². The molecule has 1 saturated heterocycles. The van der Waals surface area contributed by atoms with Crippen LogP contribution in [0, 0.1) is 5.41 Å². The Balaban J connectivity index is 1.99. The van der Waals surface area contributed by atoms with E-state index >= 15 is 0 Å². The van der Waals surface area contributed by atoms with E-state index in [-0.39, 0.29) is 5.41 Å². The minimum Gasteiger partial charge on any atom is -0.352 e. The number of nitrogens with one attached hydrogen (secondary N) is 2. The maximum absolute atomic E-state index is 4.57. The van der Waals surface area contributed by atoms with Gasteiger partial charge < -0.3 is 10.6 Å². The van der Waals surface area contributed by atoms with Crippen LogP contribution >= 0.6 is 0 Å². The first kappa shape index (κ1) is 14.2. The Kier molecular flexibility index (Phi) is 4.69. The van der Waals surface area contributed by atoms with Gasteiger partial charge in [-0.2, -0.15) is 5.10 Å². The first-order chi connectivity index (χ1) is 9.17. The molecule has 1 aliphatic heterocycles. The molecule has 2 heterocycles. The standard InChI is InChI=1S/C14H25N5/c1-4-11-12(5-2)18-19-13(17-11)16-10-14(3)7-6-8-15-9-14/h15H,4-10H2,1-3H3,(H,16,17,19). The molecule has 1 aromatic heterocycles. The molecule has 0 aromatic carbocycles. The van der Waals surface area contributed by atoms with E-state index < -0.39 is 0 Å². The highest BCUT2D eigenvalue weighted by Crippen LogP contribution is 2.25. The lowest BCUT2D eigenvalue weighted by Gasteiger charge is -2.34. The molecular weight excluding hydrogens is 238 g/mol. The van der Waals surface area contributed by atoms with Gasteiger partial charge in [0.1, 0.15) is 0 Å². The van der Waals surface area contributed by atoms with Gasteiger partial charge in [-0.15, -0.1) is 5.10 Å². The minimum absolute atomic E-state index is 0.289. The Morgan fingerprint density at radius 2 is 2.00 bits per heavy atom. The molecule has 0 radical (unpaired) electrons. The maximum atomic E-state index is 4.57. The summed E-state index contributed by atoms with van der Waals surface area (Å²) >= 11 is 0. The third kappa shape index (κ3) is 3.62. The molecule has 1 unspecified atom stereocenters. The van der Waals surface area contributed by atoms with Crippen molar-refractivity contribution in [3.63, 3.8) is 0 Å². The highest BCUT2D eigenvalue weighted by Gasteiger charge is 2.26. The molecule has 0 amide bonds. The van der Waals surface area contributed by atoms with Gasteiger partial charge in [0.15, 0.2) is 0 Å². The van der Waals surface area contributed by atoms with Gasteiger partial charge in [-0.05, 0) is 37.6 Å². The second kappa shape index (κ2) is 6.28. The molecule has 0 spiro atoms. The fourth-order valence-electron chi connectivity index (χ4n) is 2.57. The van der Waals surface area contributed by atoms with Crippen LogP contribution in [-0.4, -0.2) is 34.8 Å². The largest absolute Gasteiger partial charge is 0.352 e. The molecule has 1 aromatic rings. The van der Waals surface area contributed by atoms with Gasteiger partial charge in [0.2, 0.25) is 5.95 Å². The van der Waals surface area contributed by atoms with Crippen LogP contribution in [0.4, 0.5) is 5.95 Å². The summed E-state index contributed by atoms with van der Waals surface area (Å²) in [4.78, 5) is 4.57. The van der Waals surface area contributed by atoms with E-state index in [0.717, 1.165) is 43.9 Å². The molecule has 0 aliphatic carbocycles. The molecule has 1 aliphatic rings. The van der Waals surface area contributed by atoms with E-state index in [0.29, 0.717) is 5.95 Å². The van der Waals surface area contributed by atoms with Crippen LogP contribution in [0.3, 0.4) is 0 Å². The summed E-state index contributed by atoms with van der Waals surface area (Å²) in [6.07, 6.45) is 4.29. The fraction of sp³-hybridized carbons (Fsp3) is 0.786. The van der Waals surface area contributed by atoms with E-state index in [4.69, 9.17) is 0 Å². The molecule has 0 bridgehead atoms. The van der Waals surface area contributed by atoms with Crippen molar-refractivity contribution in [2.75, 3.05) is 25.0 Å². The average Bonchev–Trinajstić information content (AvgIpc) is 2.45.